The van der Waals surface area contributed by atoms with Crippen molar-refractivity contribution in [2.75, 3.05) is 44.4 Å². The van der Waals surface area contributed by atoms with Crippen LogP contribution in [0.4, 0.5) is 23.1 Å². The summed E-state index contributed by atoms with van der Waals surface area (Å²) in [6, 6.07) is 10.2. The number of aromatic nitrogens is 2. The number of hydrogen-bond donors (Lipinski definition) is 2. The van der Waals surface area contributed by atoms with Crippen molar-refractivity contribution in [3.8, 4) is 5.75 Å². The summed E-state index contributed by atoms with van der Waals surface area (Å²) >= 11 is 2.09. The quantitative estimate of drug-likeness (QED) is 0.309. The minimum atomic E-state index is -3.54. The van der Waals surface area contributed by atoms with Crippen molar-refractivity contribution < 1.29 is 22.7 Å². The molecule has 12 nitrogen and oxygen atoms in total. The summed E-state index contributed by atoms with van der Waals surface area (Å²) < 4.78 is 32.3. The molecule has 6 rings (SSSR count). The second-order valence-corrected chi connectivity index (χ2v) is 15.5. The van der Waals surface area contributed by atoms with E-state index >= 15 is 0 Å². The van der Waals surface area contributed by atoms with Gasteiger partial charge in [-0.1, -0.05) is 12.1 Å². The lowest BCUT2D eigenvalue weighted by Gasteiger charge is -2.45. The Balaban J connectivity index is 1.19. The average molecular weight is 746 g/mol. The number of halogens is 1. The first-order valence-corrected chi connectivity index (χ1v) is 17.5. The van der Waals surface area contributed by atoms with Crippen LogP contribution in [0.15, 0.2) is 47.5 Å². The standard InChI is InChI=1S/C31H36IN7O5S/c1-18(2)45(42,43)27-10-6-5-8-23(27)34-28-22(32)14-33-31(36-28)35-24-13-21-19(12-26(24)44-4)15-39(29(21)40)20-16-38(17-20)30(41)25-9-7-11-37(25)3/h5-6,8,10,12-14,18,20,25H,7,9,11,15-17H2,1-4H3,(H2,33,34,35,36)/t25-/m0/s1. The van der Waals surface area contributed by atoms with Gasteiger partial charge in [-0.15, -0.1) is 0 Å². The van der Waals surface area contributed by atoms with Crippen LogP contribution in [-0.2, 0) is 21.2 Å². The number of anilines is 4. The summed E-state index contributed by atoms with van der Waals surface area (Å²) in [5, 5.41) is 5.76. The van der Waals surface area contributed by atoms with Crippen molar-refractivity contribution in [2.45, 2.75) is 55.5 Å². The number of nitrogens with one attached hydrogen (secondary N) is 2. The maximum atomic E-state index is 13.5. The molecule has 3 aliphatic rings. The van der Waals surface area contributed by atoms with E-state index in [0.29, 0.717) is 51.7 Å². The topological polar surface area (TPSA) is 137 Å². The molecule has 2 saturated heterocycles. The number of nitrogens with zero attached hydrogens (tertiary/aromatic N) is 5. The highest BCUT2D eigenvalue weighted by molar-refractivity contribution is 14.1. The molecule has 14 heteroatoms. The predicted molar refractivity (Wildman–Crippen MR) is 179 cm³/mol. The van der Waals surface area contributed by atoms with E-state index < -0.39 is 15.1 Å². The fraction of sp³-hybridized carbons (Fsp3) is 0.419. The maximum Gasteiger partial charge on any atom is 0.254 e. The van der Waals surface area contributed by atoms with Gasteiger partial charge in [0.1, 0.15) is 11.6 Å². The molecule has 0 saturated carbocycles. The molecule has 0 bridgehead atoms. The molecule has 2 amide bonds. The van der Waals surface area contributed by atoms with E-state index in [2.05, 4.69) is 48.1 Å². The Morgan fingerprint density at radius 1 is 1.13 bits per heavy atom. The molecule has 238 valence electrons. The molecule has 3 aliphatic heterocycles. The van der Waals surface area contributed by atoms with Gasteiger partial charge >= 0.3 is 0 Å². The molecule has 0 unspecified atom stereocenters. The number of para-hydroxylation sites is 1. The van der Waals surface area contributed by atoms with Gasteiger partial charge in [0.15, 0.2) is 9.84 Å². The van der Waals surface area contributed by atoms with Crippen LogP contribution in [0.3, 0.4) is 0 Å². The molecule has 0 radical (unpaired) electrons. The average Bonchev–Trinajstić information content (AvgIpc) is 3.56. The zero-order valence-electron chi connectivity index (χ0n) is 25.6. The second kappa shape index (κ2) is 12.4. The number of amides is 2. The molecule has 1 atom stereocenters. The number of likely N-dealkylation sites (N-methyl/N-ethyl adjacent to an activating group) is 1. The van der Waals surface area contributed by atoms with Crippen LogP contribution in [-0.4, -0.2) is 96.0 Å². The van der Waals surface area contributed by atoms with Crippen molar-refractivity contribution >= 4 is 67.4 Å². The lowest BCUT2D eigenvalue weighted by atomic mass is 10.0. The fourth-order valence-corrected chi connectivity index (χ4v) is 7.62. The molecule has 4 heterocycles. The van der Waals surface area contributed by atoms with Gasteiger partial charge < -0.3 is 25.2 Å². The molecule has 0 aliphatic carbocycles. The summed E-state index contributed by atoms with van der Waals surface area (Å²) in [5.74, 6) is 1.27. The third-order valence-electron chi connectivity index (χ3n) is 8.74. The van der Waals surface area contributed by atoms with Gasteiger partial charge in [0.25, 0.3) is 5.91 Å². The minimum absolute atomic E-state index is 0.0292. The Kier molecular flexibility index (Phi) is 8.65. The Morgan fingerprint density at radius 3 is 2.58 bits per heavy atom. The van der Waals surface area contributed by atoms with Gasteiger partial charge in [-0.2, -0.15) is 4.98 Å². The van der Waals surface area contributed by atoms with E-state index in [-0.39, 0.29) is 34.7 Å². The number of ether oxygens (including phenoxy) is 1. The van der Waals surface area contributed by atoms with Crippen LogP contribution >= 0.6 is 22.6 Å². The molecular formula is C31H36IN7O5S. The number of benzene rings is 2. The van der Waals surface area contributed by atoms with Crippen molar-refractivity contribution in [3.63, 3.8) is 0 Å². The predicted octanol–water partition coefficient (Wildman–Crippen LogP) is 4.02. The number of likely N-dealkylation sites (tertiary alicyclic amines) is 2. The summed E-state index contributed by atoms with van der Waals surface area (Å²) in [5.41, 5.74) is 2.36. The van der Waals surface area contributed by atoms with E-state index in [1.165, 1.54) is 0 Å². The molecular weight excluding hydrogens is 709 g/mol. The Labute approximate surface area is 276 Å². The molecule has 1 aromatic heterocycles. The number of sulfone groups is 1. The molecule has 45 heavy (non-hydrogen) atoms. The smallest absolute Gasteiger partial charge is 0.254 e. The van der Waals surface area contributed by atoms with Gasteiger partial charge in [-0.25, -0.2) is 13.4 Å². The van der Waals surface area contributed by atoms with Crippen molar-refractivity contribution in [3.05, 3.63) is 57.3 Å². The van der Waals surface area contributed by atoms with Gasteiger partial charge in [-0.3, -0.25) is 14.5 Å². The lowest BCUT2D eigenvalue weighted by molar-refractivity contribution is -0.142. The highest BCUT2D eigenvalue weighted by Gasteiger charge is 2.43. The van der Waals surface area contributed by atoms with Crippen LogP contribution in [0.25, 0.3) is 0 Å². The number of carbonyl (C=O) groups is 2. The summed E-state index contributed by atoms with van der Waals surface area (Å²) in [7, 11) is 0.0119. The normalized spacial score (nSPS) is 18.7. The van der Waals surface area contributed by atoms with E-state index in [0.717, 1.165) is 24.9 Å². The first kappa shape index (κ1) is 31.5. The highest BCUT2D eigenvalue weighted by Crippen LogP contribution is 2.37. The summed E-state index contributed by atoms with van der Waals surface area (Å²) in [6.45, 7) is 5.77. The first-order chi connectivity index (χ1) is 21.5. The van der Waals surface area contributed by atoms with Gasteiger partial charge in [0.05, 0.1) is 44.3 Å². The first-order valence-electron chi connectivity index (χ1n) is 14.9. The van der Waals surface area contributed by atoms with Crippen LogP contribution in [0.1, 0.15) is 42.6 Å². The second-order valence-electron chi connectivity index (χ2n) is 11.9. The number of hydrogen-bond acceptors (Lipinski definition) is 10. The van der Waals surface area contributed by atoms with Crippen LogP contribution in [0, 0.1) is 3.57 Å². The van der Waals surface area contributed by atoms with Crippen molar-refractivity contribution in [1.82, 2.24) is 24.7 Å². The lowest BCUT2D eigenvalue weighted by Crippen LogP contribution is -2.63. The Bertz CT molecular complexity index is 1760. The number of rotatable bonds is 9. The minimum Gasteiger partial charge on any atom is -0.495 e. The summed E-state index contributed by atoms with van der Waals surface area (Å²) in [4.78, 5) is 41.5. The fourth-order valence-electron chi connectivity index (χ4n) is 6.02. The Morgan fingerprint density at radius 2 is 1.89 bits per heavy atom. The van der Waals surface area contributed by atoms with Gasteiger partial charge in [-0.05, 0) is 92.7 Å². The zero-order valence-corrected chi connectivity index (χ0v) is 28.6. The monoisotopic (exact) mass is 745 g/mol. The third kappa shape index (κ3) is 5.94. The van der Waals surface area contributed by atoms with E-state index in [1.807, 2.05) is 22.9 Å². The zero-order chi connectivity index (χ0) is 32.0. The van der Waals surface area contributed by atoms with E-state index in [4.69, 9.17) is 4.74 Å². The SMILES string of the molecule is COc1cc2c(cc1Nc1ncc(I)c(Nc3ccccc3S(=O)(=O)C(C)C)n1)C(=O)N(C1CN(C(=O)[C@@H]3CCCN3C)C1)C2. The molecule has 2 aromatic carbocycles. The highest BCUT2D eigenvalue weighted by atomic mass is 127. The van der Waals surface area contributed by atoms with Gasteiger partial charge in [0, 0.05) is 31.4 Å². The van der Waals surface area contributed by atoms with Crippen molar-refractivity contribution in [2.24, 2.45) is 0 Å². The van der Waals surface area contributed by atoms with E-state index in [9.17, 15) is 18.0 Å². The van der Waals surface area contributed by atoms with Gasteiger partial charge in [0.2, 0.25) is 11.9 Å². The number of carbonyl (C=O) groups excluding carboxylic acids is 2. The molecule has 2 N–H and O–H groups in total. The summed E-state index contributed by atoms with van der Waals surface area (Å²) in [6.07, 6.45) is 3.54. The Hall–Kier alpha value is -3.50. The number of methoxy groups -OCH3 is 1. The van der Waals surface area contributed by atoms with Crippen LogP contribution in [0.2, 0.25) is 0 Å². The maximum absolute atomic E-state index is 13.5. The van der Waals surface area contributed by atoms with E-state index in [1.54, 1.807) is 57.5 Å². The largest absolute Gasteiger partial charge is 0.495 e. The van der Waals surface area contributed by atoms with Crippen molar-refractivity contribution in [1.29, 1.82) is 0 Å². The third-order valence-corrected chi connectivity index (χ3v) is 11.7. The van der Waals surface area contributed by atoms with Crippen LogP contribution < -0.4 is 15.4 Å². The molecule has 0 spiro atoms. The van der Waals surface area contributed by atoms with Crippen LogP contribution in [0.5, 0.6) is 5.75 Å². The molecule has 3 aromatic rings. The molecule has 2 fully saturated rings. The number of fused-ring (bicyclic) bond motifs is 1.